The summed E-state index contributed by atoms with van der Waals surface area (Å²) >= 11 is 0. The molecule has 1 atom stereocenters. The van der Waals surface area contributed by atoms with Gasteiger partial charge in [-0.2, -0.15) is 4.98 Å². The highest BCUT2D eigenvalue weighted by molar-refractivity contribution is 5.61. The molecule has 1 unspecified atom stereocenters. The van der Waals surface area contributed by atoms with Gasteiger partial charge in [0.1, 0.15) is 0 Å². The van der Waals surface area contributed by atoms with Gasteiger partial charge in [-0.05, 0) is 24.1 Å². The van der Waals surface area contributed by atoms with Gasteiger partial charge in [-0.15, -0.1) is 0 Å². The van der Waals surface area contributed by atoms with E-state index in [0.717, 1.165) is 11.3 Å². The van der Waals surface area contributed by atoms with Crippen molar-refractivity contribution in [1.82, 2.24) is 10.1 Å². The minimum Gasteiger partial charge on any atom is -0.378 e. The Kier molecular flexibility index (Phi) is 3.85. The SMILES string of the molecule is CC(C)C(N)c1noc(-c2cccc(N(C)C)c2)n1. The summed E-state index contributed by atoms with van der Waals surface area (Å²) in [6.45, 7) is 4.07. The predicted molar refractivity (Wildman–Crippen MR) is 75.8 cm³/mol. The molecule has 0 spiro atoms. The monoisotopic (exact) mass is 260 g/mol. The van der Waals surface area contributed by atoms with E-state index in [1.807, 2.05) is 57.1 Å². The molecule has 2 N–H and O–H groups in total. The van der Waals surface area contributed by atoms with Crippen LogP contribution >= 0.6 is 0 Å². The molecule has 1 heterocycles. The zero-order valence-electron chi connectivity index (χ0n) is 11.8. The largest absolute Gasteiger partial charge is 0.378 e. The Hall–Kier alpha value is -1.88. The molecule has 0 saturated heterocycles. The minimum absolute atomic E-state index is 0.200. The molecule has 0 aliphatic heterocycles. The van der Waals surface area contributed by atoms with E-state index >= 15 is 0 Å². The van der Waals surface area contributed by atoms with Gasteiger partial charge in [0.25, 0.3) is 5.89 Å². The number of rotatable bonds is 4. The molecular weight excluding hydrogens is 240 g/mol. The van der Waals surface area contributed by atoms with E-state index in [1.54, 1.807) is 0 Å². The minimum atomic E-state index is -0.200. The van der Waals surface area contributed by atoms with Gasteiger partial charge in [0.2, 0.25) is 0 Å². The van der Waals surface area contributed by atoms with Crippen LogP contribution in [0.3, 0.4) is 0 Å². The Morgan fingerprint density at radius 3 is 2.63 bits per heavy atom. The first-order valence-electron chi connectivity index (χ1n) is 6.36. The lowest BCUT2D eigenvalue weighted by Crippen LogP contribution is -2.18. The summed E-state index contributed by atoms with van der Waals surface area (Å²) in [6.07, 6.45) is 0. The van der Waals surface area contributed by atoms with Crippen molar-refractivity contribution in [3.05, 3.63) is 30.1 Å². The fourth-order valence-electron chi connectivity index (χ4n) is 1.70. The van der Waals surface area contributed by atoms with Crippen LogP contribution in [0.1, 0.15) is 25.7 Å². The van der Waals surface area contributed by atoms with Crippen molar-refractivity contribution < 1.29 is 4.52 Å². The molecule has 102 valence electrons. The number of anilines is 1. The summed E-state index contributed by atoms with van der Waals surface area (Å²) in [4.78, 5) is 6.41. The van der Waals surface area contributed by atoms with Gasteiger partial charge >= 0.3 is 0 Å². The van der Waals surface area contributed by atoms with Gasteiger partial charge < -0.3 is 15.2 Å². The first kappa shape index (κ1) is 13.5. The molecule has 2 aromatic rings. The van der Waals surface area contributed by atoms with Crippen molar-refractivity contribution in [3.8, 4) is 11.5 Å². The molecule has 0 saturated carbocycles. The molecule has 0 radical (unpaired) electrons. The van der Waals surface area contributed by atoms with E-state index in [9.17, 15) is 0 Å². The number of hydrogen-bond donors (Lipinski definition) is 1. The third kappa shape index (κ3) is 2.93. The van der Waals surface area contributed by atoms with Gasteiger partial charge in [0.05, 0.1) is 6.04 Å². The van der Waals surface area contributed by atoms with Crippen LogP contribution in [0.15, 0.2) is 28.8 Å². The maximum absolute atomic E-state index is 6.01. The zero-order chi connectivity index (χ0) is 14.0. The molecule has 0 aliphatic carbocycles. The lowest BCUT2D eigenvalue weighted by molar-refractivity contribution is 0.400. The smallest absolute Gasteiger partial charge is 0.258 e. The van der Waals surface area contributed by atoms with E-state index < -0.39 is 0 Å². The normalized spacial score (nSPS) is 12.7. The Labute approximate surface area is 113 Å². The molecule has 2 rings (SSSR count). The third-order valence-electron chi connectivity index (χ3n) is 3.07. The Morgan fingerprint density at radius 2 is 2.00 bits per heavy atom. The van der Waals surface area contributed by atoms with Crippen LogP contribution in [0.4, 0.5) is 5.69 Å². The number of aromatic nitrogens is 2. The van der Waals surface area contributed by atoms with Crippen LogP contribution in [0.5, 0.6) is 0 Å². The molecule has 5 nitrogen and oxygen atoms in total. The van der Waals surface area contributed by atoms with Crippen LogP contribution in [0.25, 0.3) is 11.5 Å². The molecule has 0 fully saturated rings. The third-order valence-corrected chi connectivity index (χ3v) is 3.07. The van der Waals surface area contributed by atoms with Crippen LogP contribution in [-0.4, -0.2) is 24.2 Å². The first-order chi connectivity index (χ1) is 8.99. The molecule has 5 heteroatoms. The predicted octanol–water partition coefficient (Wildman–Crippen LogP) is 2.46. The van der Waals surface area contributed by atoms with Gasteiger partial charge in [-0.1, -0.05) is 25.1 Å². The number of nitrogens with zero attached hydrogens (tertiary/aromatic N) is 3. The molecule has 1 aromatic carbocycles. The summed E-state index contributed by atoms with van der Waals surface area (Å²) in [7, 11) is 3.99. The van der Waals surface area contributed by atoms with E-state index in [-0.39, 0.29) is 12.0 Å². The topological polar surface area (TPSA) is 68.2 Å². The van der Waals surface area contributed by atoms with Crippen LogP contribution in [-0.2, 0) is 0 Å². The number of nitrogens with two attached hydrogens (primary N) is 1. The van der Waals surface area contributed by atoms with Crippen molar-refractivity contribution in [3.63, 3.8) is 0 Å². The maximum Gasteiger partial charge on any atom is 0.258 e. The van der Waals surface area contributed by atoms with Crippen molar-refractivity contribution in [2.75, 3.05) is 19.0 Å². The van der Waals surface area contributed by atoms with Gasteiger partial charge in [-0.25, -0.2) is 0 Å². The van der Waals surface area contributed by atoms with Crippen LogP contribution in [0.2, 0.25) is 0 Å². The van der Waals surface area contributed by atoms with E-state index in [1.165, 1.54) is 0 Å². The second-order valence-electron chi connectivity index (χ2n) is 5.17. The summed E-state index contributed by atoms with van der Waals surface area (Å²) in [6, 6.07) is 7.76. The van der Waals surface area contributed by atoms with Crippen molar-refractivity contribution in [1.29, 1.82) is 0 Å². The van der Waals surface area contributed by atoms with Gasteiger partial charge in [-0.3, -0.25) is 0 Å². The highest BCUT2D eigenvalue weighted by Crippen LogP contribution is 2.24. The van der Waals surface area contributed by atoms with Crippen molar-refractivity contribution in [2.24, 2.45) is 11.7 Å². The van der Waals surface area contributed by atoms with Gasteiger partial charge in [0.15, 0.2) is 5.82 Å². The van der Waals surface area contributed by atoms with Crippen molar-refractivity contribution >= 4 is 5.69 Å². The van der Waals surface area contributed by atoms with E-state index in [2.05, 4.69) is 10.1 Å². The van der Waals surface area contributed by atoms with E-state index in [0.29, 0.717) is 11.7 Å². The molecule has 0 amide bonds. The molecule has 0 bridgehead atoms. The summed E-state index contributed by atoms with van der Waals surface area (Å²) in [5, 5.41) is 3.96. The highest BCUT2D eigenvalue weighted by Gasteiger charge is 2.18. The average Bonchev–Trinajstić information content (AvgIpc) is 2.87. The number of hydrogen-bond acceptors (Lipinski definition) is 5. The second kappa shape index (κ2) is 5.40. The van der Waals surface area contributed by atoms with E-state index in [4.69, 9.17) is 10.3 Å². The molecule has 19 heavy (non-hydrogen) atoms. The number of benzene rings is 1. The maximum atomic E-state index is 6.01. The summed E-state index contributed by atoms with van der Waals surface area (Å²) < 4.78 is 5.30. The first-order valence-corrected chi connectivity index (χ1v) is 6.36. The second-order valence-corrected chi connectivity index (χ2v) is 5.17. The Morgan fingerprint density at radius 1 is 1.26 bits per heavy atom. The summed E-state index contributed by atoms with van der Waals surface area (Å²) in [5.41, 5.74) is 8.01. The molecule has 1 aromatic heterocycles. The fraction of sp³-hybridized carbons (Fsp3) is 0.429. The van der Waals surface area contributed by atoms with Crippen LogP contribution < -0.4 is 10.6 Å². The van der Waals surface area contributed by atoms with Gasteiger partial charge in [0, 0.05) is 25.3 Å². The standard InChI is InChI=1S/C14H20N4O/c1-9(2)12(15)13-16-14(19-17-13)10-6-5-7-11(8-10)18(3)4/h5-9,12H,15H2,1-4H3. The zero-order valence-corrected chi connectivity index (χ0v) is 11.8. The quantitative estimate of drug-likeness (QED) is 0.914. The lowest BCUT2D eigenvalue weighted by Gasteiger charge is -2.12. The highest BCUT2D eigenvalue weighted by atomic mass is 16.5. The lowest BCUT2D eigenvalue weighted by atomic mass is 10.1. The van der Waals surface area contributed by atoms with Crippen LogP contribution in [0, 0.1) is 5.92 Å². The Balaban J connectivity index is 2.30. The molecule has 0 aliphatic rings. The fourth-order valence-corrected chi connectivity index (χ4v) is 1.70. The van der Waals surface area contributed by atoms with Crippen molar-refractivity contribution in [2.45, 2.75) is 19.9 Å². The Bertz CT molecular complexity index is 548. The molecular formula is C14H20N4O. The summed E-state index contributed by atoms with van der Waals surface area (Å²) in [5.74, 6) is 1.34. The average molecular weight is 260 g/mol.